The van der Waals surface area contributed by atoms with Crippen LogP contribution in [0.5, 0.6) is 0 Å². The molecule has 0 fully saturated rings. The van der Waals surface area contributed by atoms with Gasteiger partial charge < -0.3 is 15.5 Å². The fourth-order valence-electron chi connectivity index (χ4n) is 3.11. The lowest BCUT2D eigenvalue weighted by atomic mass is 10.1. The predicted molar refractivity (Wildman–Crippen MR) is 125 cm³/mol. The summed E-state index contributed by atoms with van der Waals surface area (Å²) in [6.45, 7) is 5.47. The Morgan fingerprint density at radius 2 is 1.77 bits per heavy atom. The summed E-state index contributed by atoms with van der Waals surface area (Å²) < 4.78 is 25.8. The zero-order valence-corrected chi connectivity index (χ0v) is 18.9. The molecule has 7 nitrogen and oxygen atoms in total. The summed E-state index contributed by atoms with van der Waals surface area (Å²) in [5.41, 5.74) is 3.00. The van der Waals surface area contributed by atoms with Gasteiger partial charge in [0.2, 0.25) is 10.0 Å². The van der Waals surface area contributed by atoms with Crippen molar-refractivity contribution in [2.75, 3.05) is 38.6 Å². The summed E-state index contributed by atoms with van der Waals surface area (Å²) >= 11 is 0. The molecule has 2 aromatic carbocycles. The van der Waals surface area contributed by atoms with Crippen molar-refractivity contribution in [1.29, 1.82) is 0 Å². The summed E-state index contributed by atoms with van der Waals surface area (Å²) in [4.78, 5) is 6.62. The molecule has 0 spiro atoms. The third-order valence-electron chi connectivity index (χ3n) is 4.74. The third-order valence-corrected chi connectivity index (χ3v) is 6.08. The molecule has 8 heteroatoms. The van der Waals surface area contributed by atoms with E-state index in [-0.39, 0.29) is 5.75 Å². The Morgan fingerprint density at radius 1 is 1.03 bits per heavy atom. The van der Waals surface area contributed by atoms with E-state index in [1.807, 2.05) is 30.3 Å². The Kier molecular flexibility index (Phi) is 9.63. The van der Waals surface area contributed by atoms with Crippen LogP contribution in [0.15, 0.2) is 59.6 Å². The molecular formula is C22H33N5O2S. The normalized spacial score (nSPS) is 11.9. The van der Waals surface area contributed by atoms with Gasteiger partial charge >= 0.3 is 0 Å². The molecule has 0 saturated carbocycles. The lowest BCUT2D eigenvalue weighted by molar-refractivity contribution is 0.587. The molecule has 2 aromatic rings. The molecule has 0 heterocycles. The zero-order valence-electron chi connectivity index (χ0n) is 18.1. The molecule has 0 aromatic heterocycles. The topological polar surface area (TPSA) is 85.8 Å². The number of hydrogen-bond donors (Lipinski definition) is 3. The van der Waals surface area contributed by atoms with Crippen molar-refractivity contribution in [3.63, 3.8) is 0 Å². The molecule has 0 aliphatic rings. The molecule has 0 atom stereocenters. The molecule has 3 N–H and O–H groups in total. The molecule has 30 heavy (non-hydrogen) atoms. The first-order valence-corrected chi connectivity index (χ1v) is 11.9. The number of para-hydroxylation sites is 1. The lowest BCUT2D eigenvalue weighted by Gasteiger charge is -2.23. The Balaban J connectivity index is 1.78. The van der Waals surface area contributed by atoms with E-state index in [0.29, 0.717) is 6.54 Å². The average molecular weight is 432 g/mol. The van der Waals surface area contributed by atoms with Gasteiger partial charge in [0.15, 0.2) is 5.96 Å². The fraction of sp³-hybridized carbons (Fsp3) is 0.409. The lowest BCUT2D eigenvalue weighted by Crippen LogP contribution is -2.38. The highest BCUT2D eigenvalue weighted by atomic mass is 32.2. The van der Waals surface area contributed by atoms with Gasteiger partial charge in [0.1, 0.15) is 0 Å². The standard InChI is InChI=1S/C22H33N5O2S/c1-4-27(21-12-6-5-7-13-21)15-9-14-25-22(23-2)26-17-19-10-8-11-20(16-19)18-30(28,29)24-3/h5-8,10-13,16,24H,4,9,14-15,17-18H2,1-3H3,(H2,23,25,26). The summed E-state index contributed by atoms with van der Waals surface area (Å²) in [5.74, 6) is 0.700. The van der Waals surface area contributed by atoms with Gasteiger partial charge in [0, 0.05) is 38.9 Å². The predicted octanol–water partition coefficient (Wildman–Crippen LogP) is 2.32. The first-order chi connectivity index (χ1) is 14.5. The second kappa shape index (κ2) is 12.2. The van der Waals surface area contributed by atoms with Crippen LogP contribution in [0.2, 0.25) is 0 Å². The van der Waals surface area contributed by atoms with Crippen molar-refractivity contribution < 1.29 is 8.42 Å². The minimum absolute atomic E-state index is 0.0281. The quantitative estimate of drug-likeness (QED) is 0.289. The van der Waals surface area contributed by atoms with Gasteiger partial charge in [-0.15, -0.1) is 0 Å². The Hall–Kier alpha value is -2.58. The number of guanidine groups is 1. The van der Waals surface area contributed by atoms with Crippen molar-refractivity contribution >= 4 is 21.7 Å². The molecule has 0 bridgehead atoms. The minimum Gasteiger partial charge on any atom is -0.372 e. The van der Waals surface area contributed by atoms with Crippen LogP contribution in [0.1, 0.15) is 24.5 Å². The number of nitrogens with zero attached hydrogens (tertiary/aromatic N) is 2. The van der Waals surface area contributed by atoms with E-state index < -0.39 is 10.0 Å². The minimum atomic E-state index is -3.28. The van der Waals surface area contributed by atoms with Crippen LogP contribution < -0.4 is 20.3 Å². The summed E-state index contributed by atoms with van der Waals surface area (Å²) in [6.07, 6.45) is 0.987. The Labute approximate surface area is 180 Å². The second-order valence-electron chi connectivity index (χ2n) is 6.90. The van der Waals surface area contributed by atoms with Gasteiger partial charge in [-0.25, -0.2) is 13.1 Å². The number of benzene rings is 2. The summed E-state index contributed by atoms with van der Waals surface area (Å²) in [6, 6.07) is 18.0. The Bertz CT molecular complexity index is 901. The number of rotatable bonds is 11. The molecule has 0 unspecified atom stereocenters. The number of anilines is 1. The van der Waals surface area contributed by atoms with Crippen LogP contribution in [-0.2, 0) is 22.3 Å². The SMILES string of the molecule is CCN(CCCNC(=NC)NCc1cccc(CS(=O)(=O)NC)c1)c1ccccc1. The molecule has 0 aliphatic heterocycles. The van der Waals surface area contributed by atoms with Crippen LogP contribution in [0.3, 0.4) is 0 Å². The first-order valence-electron chi connectivity index (χ1n) is 10.2. The first kappa shape index (κ1) is 23.7. The van der Waals surface area contributed by atoms with Crippen molar-refractivity contribution in [1.82, 2.24) is 15.4 Å². The molecule has 0 radical (unpaired) electrons. The van der Waals surface area contributed by atoms with Gasteiger partial charge in [0.25, 0.3) is 0 Å². The van der Waals surface area contributed by atoms with Crippen LogP contribution in [0.25, 0.3) is 0 Å². The van der Waals surface area contributed by atoms with E-state index in [2.05, 4.69) is 56.4 Å². The van der Waals surface area contributed by atoms with E-state index in [1.54, 1.807) is 7.05 Å². The maximum Gasteiger partial charge on any atom is 0.215 e. The van der Waals surface area contributed by atoms with Gasteiger partial charge in [-0.3, -0.25) is 4.99 Å². The number of nitrogens with one attached hydrogen (secondary N) is 3. The van der Waals surface area contributed by atoms with E-state index in [1.165, 1.54) is 12.7 Å². The van der Waals surface area contributed by atoms with E-state index >= 15 is 0 Å². The van der Waals surface area contributed by atoms with Crippen molar-refractivity contribution in [3.05, 3.63) is 65.7 Å². The summed E-state index contributed by atoms with van der Waals surface area (Å²) in [5, 5.41) is 6.62. The van der Waals surface area contributed by atoms with Crippen molar-refractivity contribution in [3.8, 4) is 0 Å². The van der Waals surface area contributed by atoms with Gasteiger partial charge in [0.05, 0.1) is 5.75 Å². The van der Waals surface area contributed by atoms with E-state index in [0.717, 1.165) is 43.1 Å². The maximum atomic E-state index is 11.7. The molecule has 2 rings (SSSR count). The van der Waals surface area contributed by atoms with Crippen LogP contribution in [-0.4, -0.2) is 48.1 Å². The van der Waals surface area contributed by atoms with Gasteiger partial charge in [-0.1, -0.05) is 42.5 Å². The molecular weight excluding hydrogens is 398 g/mol. The van der Waals surface area contributed by atoms with Crippen LogP contribution in [0.4, 0.5) is 5.69 Å². The average Bonchev–Trinajstić information content (AvgIpc) is 2.76. The second-order valence-corrected chi connectivity index (χ2v) is 8.83. The Morgan fingerprint density at radius 3 is 2.43 bits per heavy atom. The third kappa shape index (κ3) is 8.04. The van der Waals surface area contributed by atoms with Gasteiger partial charge in [-0.05, 0) is 43.7 Å². The highest BCUT2D eigenvalue weighted by Gasteiger charge is 2.09. The smallest absolute Gasteiger partial charge is 0.215 e. The largest absolute Gasteiger partial charge is 0.372 e. The van der Waals surface area contributed by atoms with Crippen molar-refractivity contribution in [2.24, 2.45) is 4.99 Å². The van der Waals surface area contributed by atoms with Gasteiger partial charge in [-0.2, -0.15) is 0 Å². The highest BCUT2D eigenvalue weighted by Crippen LogP contribution is 2.12. The fourth-order valence-corrected chi connectivity index (χ4v) is 3.88. The molecule has 164 valence electrons. The highest BCUT2D eigenvalue weighted by molar-refractivity contribution is 7.88. The molecule has 0 saturated heterocycles. The van der Waals surface area contributed by atoms with Crippen LogP contribution >= 0.6 is 0 Å². The molecule has 0 amide bonds. The number of sulfonamides is 1. The monoisotopic (exact) mass is 431 g/mol. The van der Waals surface area contributed by atoms with Crippen LogP contribution in [0, 0.1) is 0 Å². The zero-order chi connectivity index (χ0) is 21.8. The summed E-state index contributed by atoms with van der Waals surface area (Å²) in [7, 11) is -0.110. The molecule has 0 aliphatic carbocycles. The maximum absolute atomic E-state index is 11.7. The number of aliphatic imine (C=N–C) groups is 1. The van der Waals surface area contributed by atoms with E-state index in [4.69, 9.17) is 0 Å². The van der Waals surface area contributed by atoms with E-state index in [9.17, 15) is 8.42 Å². The van der Waals surface area contributed by atoms with Crippen molar-refractivity contribution in [2.45, 2.75) is 25.6 Å². The number of hydrogen-bond acceptors (Lipinski definition) is 4.